The largest absolute Gasteiger partial charge is 0.383 e. The molecule has 22 heavy (non-hydrogen) atoms. The van der Waals surface area contributed by atoms with E-state index in [2.05, 4.69) is 5.16 Å². The molecular weight excluding hydrogens is 291 g/mol. The van der Waals surface area contributed by atoms with Crippen molar-refractivity contribution >= 4 is 5.71 Å². The summed E-state index contributed by atoms with van der Waals surface area (Å²) in [5, 5.41) is 4.00. The van der Waals surface area contributed by atoms with E-state index in [1.54, 1.807) is 0 Å². The van der Waals surface area contributed by atoms with Gasteiger partial charge in [0.15, 0.2) is 5.60 Å². The third kappa shape index (κ3) is 2.84. The van der Waals surface area contributed by atoms with Crippen LogP contribution < -0.4 is 0 Å². The predicted octanol–water partition coefficient (Wildman–Crippen LogP) is 4.50. The minimum absolute atomic E-state index is 0.229. The summed E-state index contributed by atoms with van der Waals surface area (Å²) in [7, 11) is 0. The molecule has 0 radical (unpaired) electrons. The summed E-state index contributed by atoms with van der Waals surface area (Å²) in [6.07, 6.45) is -2.80. The van der Waals surface area contributed by atoms with Crippen LogP contribution in [0.2, 0.25) is 0 Å². The summed E-state index contributed by atoms with van der Waals surface area (Å²) < 4.78 is 39.1. The Morgan fingerprint density at radius 3 is 2.36 bits per heavy atom. The summed E-state index contributed by atoms with van der Waals surface area (Å²) in [6.45, 7) is 0. The van der Waals surface area contributed by atoms with Crippen LogP contribution in [0, 0.1) is 5.82 Å². The van der Waals surface area contributed by atoms with Gasteiger partial charge in [-0.15, -0.1) is 0 Å². The van der Waals surface area contributed by atoms with E-state index in [1.165, 1.54) is 24.3 Å². The lowest BCUT2D eigenvalue weighted by Gasteiger charge is -2.26. The highest BCUT2D eigenvalue weighted by Gasteiger charge is 2.43. The van der Waals surface area contributed by atoms with Gasteiger partial charge in [-0.1, -0.05) is 47.6 Å². The standard InChI is InChI=1S/C17H14F3NO/c18-14-8-6-13(7-9-14)17(11-16(19)20)10-15(21-22-17)12-4-2-1-3-5-12/h1-9,16H,10-11H2. The number of rotatable bonds is 4. The maximum Gasteiger partial charge on any atom is 0.242 e. The van der Waals surface area contributed by atoms with Crippen LogP contribution in [0.15, 0.2) is 59.8 Å². The van der Waals surface area contributed by atoms with Gasteiger partial charge in [0.2, 0.25) is 6.43 Å². The van der Waals surface area contributed by atoms with Crippen LogP contribution in [0.3, 0.4) is 0 Å². The van der Waals surface area contributed by atoms with Crippen molar-refractivity contribution in [2.75, 3.05) is 0 Å². The van der Waals surface area contributed by atoms with Crippen LogP contribution in [-0.4, -0.2) is 12.1 Å². The highest BCUT2D eigenvalue weighted by Crippen LogP contribution is 2.41. The van der Waals surface area contributed by atoms with Crippen molar-refractivity contribution in [2.45, 2.75) is 24.9 Å². The Hall–Kier alpha value is -2.30. The summed E-state index contributed by atoms with van der Waals surface area (Å²) >= 11 is 0. The molecule has 0 aromatic heterocycles. The van der Waals surface area contributed by atoms with Crippen LogP contribution in [0.25, 0.3) is 0 Å². The molecule has 3 rings (SSSR count). The van der Waals surface area contributed by atoms with Crippen LogP contribution >= 0.6 is 0 Å². The van der Waals surface area contributed by atoms with Gasteiger partial charge in [-0.05, 0) is 23.3 Å². The number of oxime groups is 1. The van der Waals surface area contributed by atoms with E-state index in [-0.39, 0.29) is 6.42 Å². The summed E-state index contributed by atoms with van der Waals surface area (Å²) in [5.74, 6) is -0.418. The van der Waals surface area contributed by atoms with E-state index in [0.29, 0.717) is 11.3 Å². The molecule has 0 saturated carbocycles. The van der Waals surface area contributed by atoms with Crippen LogP contribution in [-0.2, 0) is 10.4 Å². The average molecular weight is 305 g/mol. The highest BCUT2D eigenvalue weighted by atomic mass is 19.3. The Morgan fingerprint density at radius 2 is 1.73 bits per heavy atom. The molecule has 0 bridgehead atoms. The van der Waals surface area contributed by atoms with E-state index in [1.807, 2.05) is 30.3 Å². The average Bonchev–Trinajstić information content (AvgIpc) is 2.93. The first-order valence-electron chi connectivity index (χ1n) is 6.94. The monoisotopic (exact) mass is 305 g/mol. The molecule has 5 heteroatoms. The molecule has 114 valence electrons. The van der Waals surface area contributed by atoms with Crippen molar-refractivity contribution < 1.29 is 18.0 Å². The second-order valence-corrected chi connectivity index (χ2v) is 5.27. The highest BCUT2D eigenvalue weighted by molar-refractivity contribution is 6.01. The van der Waals surface area contributed by atoms with Gasteiger partial charge >= 0.3 is 0 Å². The zero-order valence-corrected chi connectivity index (χ0v) is 11.7. The second-order valence-electron chi connectivity index (χ2n) is 5.27. The molecule has 1 aliphatic heterocycles. The normalized spacial score (nSPS) is 20.8. The fourth-order valence-corrected chi connectivity index (χ4v) is 2.65. The van der Waals surface area contributed by atoms with Crippen molar-refractivity contribution in [1.29, 1.82) is 0 Å². The SMILES string of the molecule is Fc1ccc(C2(CC(F)F)CC(c3ccccc3)=NO2)cc1. The molecule has 0 spiro atoms. The van der Waals surface area contributed by atoms with Crippen LogP contribution in [0.5, 0.6) is 0 Å². The first kappa shape index (κ1) is 14.6. The van der Waals surface area contributed by atoms with Crippen molar-refractivity contribution in [3.05, 3.63) is 71.5 Å². The third-order valence-corrected chi connectivity index (χ3v) is 3.74. The van der Waals surface area contributed by atoms with E-state index in [4.69, 9.17) is 4.84 Å². The fourth-order valence-electron chi connectivity index (χ4n) is 2.65. The zero-order chi connectivity index (χ0) is 15.6. The van der Waals surface area contributed by atoms with E-state index in [9.17, 15) is 13.2 Å². The van der Waals surface area contributed by atoms with E-state index >= 15 is 0 Å². The lowest BCUT2D eigenvalue weighted by atomic mass is 9.84. The molecule has 2 aromatic carbocycles. The number of halogens is 3. The fraction of sp³-hybridized carbons (Fsp3) is 0.235. The Morgan fingerprint density at radius 1 is 1.05 bits per heavy atom. The summed E-state index contributed by atoms with van der Waals surface area (Å²) in [6, 6.07) is 14.7. The lowest BCUT2D eigenvalue weighted by Crippen LogP contribution is -2.29. The minimum Gasteiger partial charge on any atom is -0.383 e. The topological polar surface area (TPSA) is 21.6 Å². The number of nitrogens with zero attached hydrogens (tertiary/aromatic N) is 1. The Bertz CT molecular complexity index is 670. The maximum atomic E-state index is 13.1. The molecule has 0 fully saturated rings. The molecule has 0 saturated heterocycles. The Kier molecular flexibility index (Phi) is 3.88. The van der Waals surface area contributed by atoms with Gasteiger partial charge in [0.1, 0.15) is 5.82 Å². The maximum absolute atomic E-state index is 13.1. The molecule has 0 aliphatic carbocycles. The third-order valence-electron chi connectivity index (χ3n) is 3.74. The van der Waals surface area contributed by atoms with Crippen molar-refractivity contribution in [3.8, 4) is 0 Å². The molecular formula is C17H14F3NO. The zero-order valence-electron chi connectivity index (χ0n) is 11.7. The van der Waals surface area contributed by atoms with Gasteiger partial charge in [0, 0.05) is 6.42 Å². The van der Waals surface area contributed by atoms with Gasteiger partial charge in [-0.3, -0.25) is 0 Å². The minimum atomic E-state index is -2.55. The van der Waals surface area contributed by atoms with Crippen molar-refractivity contribution in [3.63, 3.8) is 0 Å². The van der Waals surface area contributed by atoms with Gasteiger partial charge < -0.3 is 4.84 Å². The van der Waals surface area contributed by atoms with Crippen LogP contribution in [0.1, 0.15) is 24.0 Å². The van der Waals surface area contributed by atoms with E-state index < -0.39 is 24.3 Å². The van der Waals surface area contributed by atoms with Gasteiger partial charge in [-0.25, -0.2) is 13.2 Å². The molecule has 0 N–H and O–H groups in total. The molecule has 1 atom stereocenters. The summed E-state index contributed by atoms with van der Waals surface area (Å²) in [4.78, 5) is 5.43. The van der Waals surface area contributed by atoms with Gasteiger partial charge in [-0.2, -0.15) is 0 Å². The molecule has 1 heterocycles. The van der Waals surface area contributed by atoms with Crippen LogP contribution in [0.4, 0.5) is 13.2 Å². The van der Waals surface area contributed by atoms with Crippen molar-refractivity contribution in [1.82, 2.24) is 0 Å². The first-order chi connectivity index (χ1) is 10.6. The van der Waals surface area contributed by atoms with Gasteiger partial charge in [0.25, 0.3) is 0 Å². The predicted molar refractivity (Wildman–Crippen MR) is 77.4 cm³/mol. The van der Waals surface area contributed by atoms with Crippen molar-refractivity contribution in [2.24, 2.45) is 5.16 Å². The number of alkyl halides is 2. The molecule has 0 amide bonds. The first-order valence-corrected chi connectivity index (χ1v) is 6.94. The Balaban J connectivity index is 1.92. The Labute approximate surface area is 126 Å². The number of benzene rings is 2. The molecule has 1 aliphatic rings. The molecule has 2 aromatic rings. The van der Waals surface area contributed by atoms with E-state index in [0.717, 1.165) is 5.56 Å². The molecule has 2 nitrogen and oxygen atoms in total. The summed E-state index contributed by atoms with van der Waals surface area (Å²) in [5.41, 5.74) is 0.711. The second kappa shape index (κ2) is 5.83. The molecule has 1 unspecified atom stereocenters. The van der Waals surface area contributed by atoms with Gasteiger partial charge in [0.05, 0.1) is 12.1 Å². The smallest absolute Gasteiger partial charge is 0.242 e. The number of hydrogen-bond acceptors (Lipinski definition) is 2. The number of hydrogen-bond donors (Lipinski definition) is 0. The lowest BCUT2D eigenvalue weighted by molar-refractivity contribution is -0.0651. The quantitative estimate of drug-likeness (QED) is 0.815.